The van der Waals surface area contributed by atoms with Crippen LogP contribution in [-0.2, 0) is 7.05 Å². The second kappa shape index (κ2) is 6.50. The summed E-state index contributed by atoms with van der Waals surface area (Å²) in [6, 6.07) is 0.314. The maximum absolute atomic E-state index is 4.01. The molecule has 0 aromatic carbocycles. The van der Waals surface area contributed by atoms with Crippen LogP contribution in [0.1, 0.15) is 25.6 Å². The topological polar surface area (TPSA) is 42.7 Å². The molecule has 0 bridgehead atoms. The lowest BCUT2D eigenvalue weighted by molar-refractivity contribution is 0.548. The number of aromatic nitrogens is 3. The Bertz CT molecular complexity index is 283. The third-order valence-corrected chi connectivity index (χ3v) is 3.64. The zero-order valence-electron chi connectivity index (χ0n) is 9.33. The van der Waals surface area contributed by atoms with Crippen LogP contribution in [0.5, 0.6) is 0 Å². The minimum Gasteiger partial charge on any atom is -0.308 e. The van der Waals surface area contributed by atoms with E-state index in [4.69, 9.17) is 0 Å². The number of hydrogen-bond donors (Lipinski definition) is 1. The van der Waals surface area contributed by atoms with E-state index in [9.17, 15) is 0 Å². The molecule has 1 N–H and O–H groups in total. The maximum Gasteiger partial charge on any atom is 0.153 e. The highest BCUT2D eigenvalue weighted by Gasteiger charge is 2.18. The van der Waals surface area contributed by atoms with Crippen LogP contribution in [0.2, 0.25) is 0 Å². The van der Waals surface area contributed by atoms with Crippen molar-refractivity contribution < 1.29 is 0 Å². The first-order valence-corrected chi connectivity index (χ1v) is 7.01. The molecule has 1 unspecified atom stereocenters. The predicted molar refractivity (Wildman–Crippen MR) is 68.1 cm³/mol. The van der Waals surface area contributed by atoms with Crippen LogP contribution in [0, 0.1) is 0 Å². The van der Waals surface area contributed by atoms with Crippen LogP contribution in [-0.4, -0.2) is 33.0 Å². The number of nitrogens with one attached hydrogen (secondary N) is 1. The largest absolute Gasteiger partial charge is 0.308 e. The first kappa shape index (κ1) is 13.0. The fourth-order valence-corrected chi connectivity index (χ4v) is 2.78. The Morgan fingerprint density at radius 3 is 2.73 bits per heavy atom. The molecule has 0 amide bonds. The molecule has 6 heteroatoms. The van der Waals surface area contributed by atoms with Crippen molar-refractivity contribution >= 4 is 27.7 Å². The Balaban J connectivity index is 2.78. The van der Waals surface area contributed by atoms with Gasteiger partial charge in [0.25, 0.3) is 0 Å². The Labute approximate surface area is 103 Å². The van der Waals surface area contributed by atoms with Gasteiger partial charge < -0.3 is 5.32 Å². The third kappa shape index (κ3) is 3.46. The molecule has 86 valence electrons. The van der Waals surface area contributed by atoms with E-state index in [1.54, 1.807) is 0 Å². The van der Waals surface area contributed by atoms with Gasteiger partial charge in [-0.15, -0.1) is 5.10 Å². The van der Waals surface area contributed by atoms with Crippen molar-refractivity contribution in [1.29, 1.82) is 0 Å². The Kier molecular flexibility index (Phi) is 5.63. The second-order valence-electron chi connectivity index (χ2n) is 3.16. The molecular weight excluding hydrogens is 276 g/mol. The van der Waals surface area contributed by atoms with E-state index >= 15 is 0 Å². The molecule has 1 aromatic rings. The standard InChI is InChI=1S/C9H17BrN4S/c1-4-11-7(6-15-5-2)8-9(10)12-13-14(8)3/h7,11H,4-6H2,1-3H3. The van der Waals surface area contributed by atoms with Gasteiger partial charge in [-0.25, -0.2) is 4.68 Å². The highest BCUT2D eigenvalue weighted by atomic mass is 79.9. The minimum absolute atomic E-state index is 0.314. The van der Waals surface area contributed by atoms with Crippen molar-refractivity contribution in [1.82, 2.24) is 20.3 Å². The molecule has 1 aromatic heterocycles. The molecule has 15 heavy (non-hydrogen) atoms. The van der Waals surface area contributed by atoms with Crippen LogP contribution < -0.4 is 5.32 Å². The molecule has 0 saturated carbocycles. The van der Waals surface area contributed by atoms with Gasteiger partial charge in [0.05, 0.1) is 11.7 Å². The van der Waals surface area contributed by atoms with Gasteiger partial charge in [-0.2, -0.15) is 11.8 Å². The SMILES string of the molecule is CCNC(CSCC)c1c(Br)nnn1C. The maximum atomic E-state index is 4.01. The molecule has 4 nitrogen and oxygen atoms in total. The highest BCUT2D eigenvalue weighted by Crippen LogP contribution is 2.23. The molecule has 0 radical (unpaired) electrons. The predicted octanol–water partition coefficient (Wildman–Crippen LogP) is 1.98. The van der Waals surface area contributed by atoms with Crippen molar-refractivity contribution in [3.05, 3.63) is 10.3 Å². The second-order valence-corrected chi connectivity index (χ2v) is 5.23. The van der Waals surface area contributed by atoms with E-state index < -0.39 is 0 Å². The van der Waals surface area contributed by atoms with Crippen LogP contribution in [0.4, 0.5) is 0 Å². The van der Waals surface area contributed by atoms with Gasteiger partial charge in [0.2, 0.25) is 0 Å². The Morgan fingerprint density at radius 1 is 1.53 bits per heavy atom. The summed E-state index contributed by atoms with van der Waals surface area (Å²) in [7, 11) is 1.92. The van der Waals surface area contributed by atoms with Crippen molar-refractivity contribution in [3.8, 4) is 0 Å². The monoisotopic (exact) mass is 292 g/mol. The van der Waals surface area contributed by atoms with Gasteiger partial charge in [-0.05, 0) is 28.2 Å². The first-order valence-electron chi connectivity index (χ1n) is 5.06. The van der Waals surface area contributed by atoms with Crippen LogP contribution in [0.3, 0.4) is 0 Å². The molecule has 0 aliphatic heterocycles. The fraction of sp³-hybridized carbons (Fsp3) is 0.778. The van der Waals surface area contributed by atoms with Gasteiger partial charge in [0.15, 0.2) is 4.60 Å². The lowest BCUT2D eigenvalue weighted by Crippen LogP contribution is -2.25. The zero-order valence-corrected chi connectivity index (χ0v) is 11.7. The molecule has 1 heterocycles. The number of aryl methyl sites for hydroxylation is 1. The first-order chi connectivity index (χ1) is 7.20. The van der Waals surface area contributed by atoms with Gasteiger partial charge >= 0.3 is 0 Å². The highest BCUT2D eigenvalue weighted by molar-refractivity contribution is 9.10. The molecule has 0 fully saturated rings. The Morgan fingerprint density at radius 2 is 2.27 bits per heavy atom. The van der Waals surface area contributed by atoms with Crippen molar-refractivity contribution in [2.45, 2.75) is 19.9 Å². The molecule has 1 rings (SSSR count). The van der Waals surface area contributed by atoms with Crippen molar-refractivity contribution in [2.75, 3.05) is 18.1 Å². The quantitative estimate of drug-likeness (QED) is 0.871. The molecule has 0 aliphatic carbocycles. The zero-order chi connectivity index (χ0) is 11.3. The average Bonchev–Trinajstić information content (AvgIpc) is 2.54. The van der Waals surface area contributed by atoms with E-state index in [-0.39, 0.29) is 0 Å². The van der Waals surface area contributed by atoms with Crippen LogP contribution in [0.25, 0.3) is 0 Å². The van der Waals surface area contributed by atoms with Crippen molar-refractivity contribution in [3.63, 3.8) is 0 Å². The van der Waals surface area contributed by atoms with Gasteiger partial charge in [0.1, 0.15) is 0 Å². The summed E-state index contributed by atoms with van der Waals surface area (Å²) >= 11 is 5.36. The number of nitrogens with zero attached hydrogens (tertiary/aromatic N) is 3. The molecule has 1 atom stereocenters. The van der Waals surface area contributed by atoms with Crippen molar-refractivity contribution in [2.24, 2.45) is 7.05 Å². The van der Waals surface area contributed by atoms with E-state index in [0.29, 0.717) is 6.04 Å². The van der Waals surface area contributed by atoms with Gasteiger partial charge in [-0.3, -0.25) is 0 Å². The summed E-state index contributed by atoms with van der Waals surface area (Å²) in [4.78, 5) is 0. The number of rotatable bonds is 6. The minimum atomic E-state index is 0.314. The number of thioether (sulfide) groups is 1. The average molecular weight is 293 g/mol. The lowest BCUT2D eigenvalue weighted by atomic mass is 10.2. The summed E-state index contributed by atoms with van der Waals surface area (Å²) in [6.45, 7) is 5.23. The normalized spacial score (nSPS) is 13.1. The van der Waals surface area contributed by atoms with E-state index in [0.717, 1.165) is 28.3 Å². The van der Waals surface area contributed by atoms with Crippen LogP contribution in [0.15, 0.2) is 4.60 Å². The molecule has 0 spiro atoms. The van der Waals surface area contributed by atoms with Gasteiger partial charge in [0, 0.05) is 12.8 Å². The number of halogens is 1. The lowest BCUT2D eigenvalue weighted by Gasteiger charge is -2.17. The fourth-order valence-electron chi connectivity index (χ4n) is 1.43. The third-order valence-electron chi connectivity index (χ3n) is 2.10. The summed E-state index contributed by atoms with van der Waals surface area (Å²) in [6.07, 6.45) is 0. The smallest absolute Gasteiger partial charge is 0.153 e. The van der Waals surface area contributed by atoms with E-state index in [1.807, 2.05) is 23.5 Å². The van der Waals surface area contributed by atoms with Crippen LogP contribution >= 0.6 is 27.7 Å². The van der Waals surface area contributed by atoms with E-state index in [1.165, 1.54) is 0 Å². The van der Waals surface area contributed by atoms with Gasteiger partial charge in [-0.1, -0.05) is 19.1 Å². The summed E-state index contributed by atoms with van der Waals surface area (Å²) in [5, 5.41) is 11.5. The summed E-state index contributed by atoms with van der Waals surface area (Å²) in [5.74, 6) is 2.18. The molecule has 0 aliphatic rings. The Hall–Kier alpha value is -0.0700. The number of hydrogen-bond acceptors (Lipinski definition) is 4. The summed E-state index contributed by atoms with van der Waals surface area (Å²) < 4.78 is 2.67. The summed E-state index contributed by atoms with van der Waals surface area (Å²) in [5.41, 5.74) is 1.12. The van der Waals surface area contributed by atoms with E-state index in [2.05, 4.69) is 45.4 Å². The molecule has 0 saturated heterocycles. The molecular formula is C9H17BrN4S.